The summed E-state index contributed by atoms with van der Waals surface area (Å²) in [6.07, 6.45) is -0.376. The van der Waals surface area contributed by atoms with Gasteiger partial charge in [-0.3, -0.25) is 9.10 Å². The maximum absolute atomic E-state index is 13.1. The predicted octanol–water partition coefficient (Wildman–Crippen LogP) is 4.63. The first-order valence-electron chi connectivity index (χ1n) is 7.08. The molecule has 0 saturated heterocycles. The number of nitrogens with zero attached hydrogens (tertiary/aromatic N) is 1. The molecule has 0 aliphatic rings. The Balaban J connectivity index is 2.58. The number of benzene rings is 2. The Labute approximate surface area is 160 Å². The third-order valence-electron chi connectivity index (χ3n) is 3.42. The number of carboxylic acids is 1. The standard InChI is InChI=1S/C16H14Cl3NO4S/c1-10-8-12(3-5-13(10)18)20(7-6-16(21)22)25(23,24)15-9-11(17)2-4-14(15)19/h2-5,8-9H,6-7H2,1H3,(H,21,22). The van der Waals surface area contributed by atoms with Gasteiger partial charge >= 0.3 is 5.97 Å². The van der Waals surface area contributed by atoms with Crippen molar-refractivity contribution >= 4 is 56.5 Å². The number of carbonyl (C=O) groups is 1. The van der Waals surface area contributed by atoms with Crippen LogP contribution in [0.4, 0.5) is 5.69 Å². The summed E-state index contributed by atoms with van der Waals surface area (Å²) in [6.45, 7) is 1.46. The predicted molar refractivity (Wildman–Crippen MR) is 99.4 cm³/mol. The van der Waals surface area contributed by atoms with Crippen LogP contribution >= 0.6 is 34.8 Å². The van der Waals surface area contributed by atoms with Gasteiger partial charge < -0.3 is 5.11 Å². The van der Waals surface area contributed by atoms with Crippen LogP contribution in [0.15, 0.2) is 41.3 Å². The number of rotatable bonds is 6. The van der Waals surface area contributed by atoms with Crippen LogP contribution in [-0.2, 0) is 14.8 Å². The van der Waals surface area contributed by atoms with Gasteiger partial charge in [-0.15, -0.1) is 0 Å². The van der Waals surface area contributed by atoms with Crippen LogP contribution in [0.2, 0.25) is 15.1 Å². The molecule has 0 radical (unpaired) electrons. The number of carboxylic acid groups (broad SMARTS) is 1. The van der Waals surface area contributed by atoms with Crippen LogP contribution in [0.3, 0.4) is 0 Å². The molecular formula is C16H14Cl3NO4S. The minimum Gasteiger partial charge on any atom is -0.481 e. The van der Waals surface area contributed by atoms with Crippen LogP contribution in [0.25, 0.3) is 0 Å². The Morgan fingerprint density at radius 1 is 1.08 bits per heavy atom. The lowest BCUT2D eigenvalue weighted by atomic mass is 10.2. The zero-order valence-corrected chi connectivity index (χ0v) is 16.1. The van der Waals surface area contributed by atoms with Crippen LogP contribution in [0.1, 0.15) is 12.0 Å². The van der Waals surface area contributed by atoms with Crippen LogP contribution in [-0.4, -0.2) is 26.0 Å². The van der Waals surface area contributed by atoms with E-state index in [4.69, 9.17) is 39.9 Å². The minimum absolute atomic E-state index is 0.00425. The molecular weight excluding hydrogens is 409 g/mol. The lowest BCUT2D eigenvalue weighted by Gasteiger charge is -2.25. The molecule has 2 aromatic carbocycles. The number of aliphatic carboxylic acids is 1. The summed E-state index contributed by atoms with van der Waals surface area (Å²) >= 11 is 17.9. The van der Waals surface area contributed by atoms with E-state index in [9.17, 15) is 13.2 Å². The number of hydrogen-bond acceptors (Lipinski definition) is 3. The summed E-state index contributed by atoms with van der Waals surface area (Å²) in [4.78, 5) is 10.8. The molecule has 0 aliphatic heterocycles. The van der Waals surface area contributed by atoms with Crippen LogP contribution in [0, 0.1) is 6.92 Å². The first-order chi connectivity index (χ1) is 11.6. The van der Waals surface area contributed by atoms with E-state index in [0.717, 1.165) is 4.31 Å². The summed E-state index contributed by atoms with van der Waals surface area (Å²) in [6, 6.07) is 8.70. The second kappa shape index (κ2) is 7.83. The fraction of sp³-hybridized carbons (Fsp3) is 0.188. The van der Waals surface area contributed by atoms with E-state index in [-0.39, 0.29) is 27.9 Å². The van der Waals surface area contributed by atoms with Crippen molar-refractivity contribution in [2.45, 2.75) is 18.2 Å². The first kappa shape index (κ1) is 19.8. The van der Waals surface area contributed by atoms with Gasteiger partial charge in [0.1, 0.15) is 4.90 Å². The Kier molecular flexibility index (Phi) is 6.21. The molecule has 0 fully saturated rings. The zero-order valence-electron chi connectivity index (χ0n) is 13.0. The number of hydrogen-bond donors (Lipinski definition) is 1. The van der Waals surface area contributed by atoms with Gasteiger partial charge in [0.15, 0.2) is 0 Å². The van der Waals surface area contributed by atoms with Gasteiger partial charge in [-0.2, -0.15) is 0 Å². The Morgan fingerprint density at radius 2 is 1.72 bits per heavy atom. The molecule has 5 nitrogen and oxygen atoms in total. The SMILES string of the molecule is Cc1cc(N(CCC(=O)O)S(=O)(=O)c2cc(Cl)ccc2Cl)ccc1Cl. The van der Waals surface area contributed by atoms with Gasteiger partial charge in [0.05, 0.1) is 17.1 Å². The Morgan fingerprint density at radius 3 is 2.32 bits per heavy atom. The summed E-state index contributed by atoms with van der Waals surface area (Å²) in [5, 5.41) is 9.62. The Bertz CT molecular complexity index is 916. The van der Waals surface area contributed by atoms with Gasteiger partial charge in [-0.05, 0) is 48.9 Å². The number of halogens is 3. The molecule has 1 N–H and O–H groups in total. The van der Waals surface area contributed by atoms with E-state index >= 15 is 0 Å². The third-order valence-corrected chi connectivity index (χ3v) is 6.39. The van der Waals surface area contributed by atoms with Crippen molar-refractivity contribution < 1.29 is 18.3 Å². The highest BCUT2D eigenvalue weighted by Crippen LogP contribution is 2.32. The highest BCUT2D eigenvalue weighted by Gasteiger charge is 2.28. The van der Waals surface area contributed by atoms with E-state index < -0.39 is 16.0 Å². The molecule has 0 saturated carbocycles. The lowest BCUT2D eigenvalue weighted by molar-refractivity contribution is -0.136. The van der Waals surface area contributed by atoms with E-state index in [1.807, 2.05) is 0 Å². The summed E-state index contributed by atoms with van der Waals surface area (Å²) in [5.74, 6) is -1.12. The van der Waals surface area contributed by atoms with E-state index in [1.54, 1.807) is 19.1 Å². The van der Waals surface area contributed by atoms with E-state index in [2.05, 4.69) is 0 Å². The highest BCUT2D eigenvalue weighted by atomic mass is 35.5. The smallest absolute Gasteiger partial charge is 0.305 e. The lowest BCUT2D eigenvalue weighted by Crippen LogP contribution is -2.33. The molecule has 0 spiro atoms. The van der Waals surface area contributed by atoms with E-state index in [0.29, 0.717) is 16.3 Å². The van der Waals surface area contributed by atoms with Crippen molar-refractivity contribution in [2.75, 3.05) is 10.8 Å². The molecule has 0 bridgehead atoms. The van der Waals surface area contributed by atoms with Crippen molar-refractivity contribution in [2.24, 2.45) is 0 Å². The maximum atomic E-state index is 13.1. The topological polar surface area (TPSA) is 74.7 Å². The van der Waals surface area contributed by atoms with Gasteiger partial charge in [-0.1, -0.05) is 34.8 Å². The highest BCUT2D eigenvalue weighted by molar-refractivity contribution is 7.93. The average molecular weight is 423 g/mol. The van der Waals surface area contributed by atoms with Gasteiger partial charge in [0.25, 0.3) is 10.0 Å². The van der Waals surface area contributed by atoms with Gasteiger partial charge in [0.2, 0.25) is 0 Å². The van der Waals surface area contributed by atoms with Gasteiger partial charge in [0, 0.05) is 16.6 Å². The third kappa shape index (κ3) is 4.58. The number of anilines is 1. The summed E-state index contributed by atoms with van der Waals surface area (Å²) in [5.41, 5.74) is 0.950. The number of aryl methyl sites for hydroxylation is 1. The molecule has 0 unspecified atom stereocenters. The van der Waals surface area contributed by atoms with Crippen molar-refractivity contribution in [1.82, 2.24) is 0 Å². The second-order valence-electron chi connectivity index (χ2n) is 5.23. The fourth-order valence-corrected chi connectivity index (χ4v) is 4.48. The fourth-order valence-electron chi connectivity index (χ4n) is 2.16. The summed E-state index contributed by atoms with van der Waals surface area (Å²) < 4.78 is 27.1. The maximum Gasteiger partial charge on any atom is 0.305 e. The quantitative estimate of drug-likeness (QED) is 0.737. The molecule has 2 aromatic rings. The van der Waals surface area contributed by atoms with E-state index in [1.165, 1.54) is 24.3 Å². The van der Waals surface area contributed by atoms with Crippen molar-refractivity contribution in [3.63, 3.8) is 0 Å². The molecule has 0 atom stereocenters. The normalized spacial score (nSPS) is 11.4. The monoisotopic (exact) mass is 421 g/mol. The van der Waals surface area contributed by atoms with Crippen molar-refractivity contribution in [1.29, 1.82) is 0 Å². The average Bonchev–Trinajstić information content (AvgIpc) is 2.52. The second-order valence-corrected chi connectivity index (χ2v) is 8.31. The minimum atomic E-state index is -4.12. The van der Waals surface area contributed by atoms with Crippen molar-refractivity contribution in [3.8, 4) is 0 Å². The largest absolute Gasteiger partial charge is 0.481 e. The Hall–Kier alpha value is -1.47. The number of sulfonamides is 1. The molecule has 0 amide bonds. The first-order valence-corrected chi connectivity index (χ1v) is 9.66. The van der Waals surface area contributed by atoms with Gasteiger partial charge in [-0.25, -0.2) is 8.42 Å². The van der Waals surface area contributed by atoms with Crippen LogP contribution < -0.4 is 4.31 Å². The molecule has 0 heterocycles. The summed E-state index contributed by atoms with van der Waals surface area (Å²) in [7, 11) is -4.12. The molecule has 25 heavy (non-hydrogen) atoms. The molecule has 134 valence electrons. The molecule has 2 rings (SSSR count). The van der Waals surface area contributed by atoms with Crippen molar-refractivity contribution in [3.05, 3.63) is 57.0 Å². The molecule has 0 aromatic heterocycles. The molecule has 9 heteroatoms. The zero-order chi connectivity index (χ0) is 18.8. The molecule has 0 aliphatic carbocycles. The van der Waals surface area contributed by atoms with Crippen LogP contribution in [0.5, 0.6) is 0 Å².